The Labute approximate surface area is 467 Å². The number of fused-ring (bicyclic) bond motifs is 2. The summed E-state index contributed by atoms with van der Waals surface area (Å²) in [5, 5.41) is 26.0. The molecule has 80 heavy (non-hydrogen) atoms. The number of piperidine rings is 1. The van der Waals surface area contributed by atoms with Crippen molar-refractivity contribution in [1.82, 2.24) is 24.6 Å². The Kier molecular flexibility index (Phi) is 20.5. The average Bonchev–Trinajstić information content (AvgIpc) is 3.81. The number of methoxy groups -OCH3 is 1. The van der Waals surface area contributed by atoms with Crippen molar-refractivity contribution in [3.63, 3.8) is 0 Å². The number of hydrogen-bond acceptors (Lipinski definition) is 12. The van der Waals surface area contributed by atoms with Crippen LogP contribution < -0.4 is 26.0 Å². The molecular weight excluding hydrogens is 1060 g/mol. The normalized spacial score (nSPS) is 18.0. The van der Waals surface area contributed by atoms with E-state index in [1.165, 1.54) is 7.11 Å². The number of aromatic nitrogens is 1. The number of benzene rings is 5. The van der Waals surface area contributed by atoms with Crippen molar-refractivity contribution < 1.29 is 56.0 Å². The number of amides is 2. The minimum absolute atomic E-state index is 0.00896. The zero-order valence-corrected chi connectivity index (χ0v) is 45.7. The van der Waals surface area contributed by atoms with E-state index in [-0.39, 0.29) is 50.3 Å². The number of nitrogens with one attached hydrogen (secondary N) is 4. The van der Waals surface area contributed by atoms with E-state index in [0.717, 1.165) is 32.2 Å². The van der Waals surface area contributed by atoms with Crippen molar-refractivity contribution >= 4 is 68.1 Å². The van der Waals surface area contributed by atoms with Crippen LogP contribution in [0.2, 0.25) is 5.02 Å². The number of nitrogens with zero attached hydrogens (tertiary/aromatic N) is 4. The van der Waals surface area contributed by atoms with Crippen LogP contribution in [0.1, 0.15) is 39.6 Å². The third-order valence-corrected chi connectivity index (χ3v) is 14.4. The van der Waals surface area contributed by atoms with E-state index in [1.807, 2.05) is 66.5 Å². The van der Waals surface area contributed by atoms with Gasteiger partial charge in [-0.15, -0.1) is 0 Å². The maximum atomic E-state index is 14.9. The first-order valence-electron chi connectivity index (χ1n) is 26.5. The van der Waals surface area contributed by atoms with Gasteiger partial charge >= 0.3 is 12.1 Å². The fraction of sp³-hybridized carbons (Fsp3) is 0.407. The van der Waals surface area contributed by atoms with Crippen molar-refractivity contribution in [2.75, 3.05) is 123 Å². The predicted molar refractivity (Wildman–Crippen MR) is 302 cm³/mol. The van der Waals surface area contributed by atoms with E-state index in [4.69, 9.17) is 30.5 Å². The maximum Gasteiger partial charge on any atom is 0.406 e. The zero-order chi connectivity index (χ0) is 56.8. The lowest BCUT2D eigenvalue weighted by Gasteiger charge is -2.44. The summed E-state index contributed by atoms with van der Waals surface area (Å²) in [6.07, 6.45) is -4.62. The monoisotopic (exact) mass is 1130 g/mol. The molecule has 16 nitrogen and oxygen atoms in total. The molecule has 6 aromatic rings. The van der Waals surface area contributed by atoms with Gasteiger partial charge in [-0.2, -0.15) is 13.2 Å². The molecule has 1 aromatic heterocycles. The SMILES string of the molecule is COc1cc(C(=O)NCCOCCOCCOCCNc2cc(Cl)ccc2CCN2C(=O)CN(C)[C@H](C(=O)O)[C@H]2c2ccc3ccccc3c2)ccc1NCC#Cc1cc2c(N[C@@H]3CCN(C)C[C@@H]3F)cccc2n1CC(F)(F)F. The van der Waals surface area contributed by atoms with Crippen molar-refractivity contribution in [2.45, 2.75) is 49.9 Å². The lowest BCUT2D eigenvalue weighted by Crippen LogP contribution is -2.59. The van der Waals surface area contributed by atoms with Gasteiger partial charge in [0.15, 0.2) is 0 Å². The van der Waals surface area contributed by atoms with Crippen molar-refractivity contribution in [3.05, 3.63) is 131 Å². The molecular formula is C59H67ClF4N8O8. The Morgan fingerprint density at radius 3 is 2.31 bits per heavy atom. The van der Waals surface area contributed by atoms with Gasteiger partial charge in [0.05, 0.1) is 88.8 Å². The Bertz CT molecular complexity index is 3170. The van der Waals surface area contributed by atoms with Crippen LogP contribution in [0.3, 0.4) is 0 Å². The Morgan fingerprint density at radius 1 is 0.825 bits per heavy atom. The number of halogens is 5. The summed E-state index contributed by atoms with van der Waals surface area (Å²) in [5.74, 6) is 4.66. The number of carbonyl (C=O) groups excluding carboxylic acids is 2. The molecule has 2 saturated heterocycles. The molecule has 3 heterocycles. The molecule has 2 aliphatic heterocycles. The smallest absolute Gasteiger partial charge is 0.406 e. The number of piperazine rings is 1. The number of rotatable bonds is 25. The van der Waals surface area contributed by atoms with E-state index < -0.39 is 43.0 Å². The molecule has 0 saturated carbocycles. The van der Waals surface area contributed by atoms with Crippen LogP contribution in [-0.4, -0.2) is 173 Å². The number of likely N-dealkylation sites (tertiary alicyclic amines) is 1. The van der Waals surface area contributed by atoms with Crippen LogP contribution in [0.15, 0.2) is 103 Å². The quantitative estimate of drug-likeness (QED) is 0.0211. The van der Waals surface area contributed by atoms with Crippen molar-refractivity contribution in [1.29, 1.82) is 0 Å². The standard InChI is InChI=1S/C59H67ClF4N8O8/c1-69-24-20-49(47(61)36-69)68-48-11-6-12-52-46(48)35-45(72(52)38-59(62,63)64)10-7-21-65-50-18-16-43(33-53(50)77-3)57(74)67-23-27-79-29-31-80-30-28-78-26-22-66-51-34-44(60)17-15-40(51)19-25-71-54(73)37-70(2)56(58(75)76)55(71)42-14-13-39-8-4-5-9-41(39)32-42/h4-6,8-9,11-18,32-35,47,49,55-56,65-66,68H,19-31,36-38H2,1-3H3,(H,67,74)(H,75,76)/t47-,49+,55+,56-/m0/s1. The third-order valence-electron chi connectivity index (χ3n) is 14.1. The van der Waals surface area contributed by atoms with Crippen LogP contribution in [0.25, 0.3) is 21.7 Å². The highest BCUT2D eigenvalue weighted by molar-refractivity contribution is 6.30. The van der Waals surface area contributed by atoms with E-state index in [9.17, 15) is 37.1 Å². The molecule has 0 aliphatic carbocycles. The zero-order valence-electron chi connectivity index (χ0n) is 44.9. The minimum atomic E-state index is -4.51. The van der Waals surface area contributed by atoms with Crippen LogP contribution in [0.5, 0.6) is 5.75 Å². The highest BCUT2D eigenvalue weighted by atomic mass is 35.5. The number of ether oxygens (including phenoxy) is 4. The van der Waals surface area contributed by atoms with Gasteiger partial charge in [0.2, 0.25) is 5.91 Å². The fourth-order valence-electron chi connectivity index (χ4n) is 10.2. The lowest BCUT2D eigenvalue weighted by atomic mass is 9.91. The minimum Gasteiger partial charge on any atom is -0.495 e. The number of hydrogen-bond donors (Lipinski definition) is 5. The number of anilines is 3. The molecule has 5 aromatic carbocycles. The van der Waals surface area contributed by atoms with Crippen LogP contribution in [-0.2, 0) is 36.8 Å². The summed E-state index contributed by atoms with van der Waals surface area (Å²) in [6.45, 7) is 2.70. The lowest BCUT2D eigenvalue weighted by molar-refractivity contribution is -0.156. The van der Waals surface area contributed by atoms with Gasteiger partial charge < -0.3 is 59.7 Å². The van der Waals surface area contributed by atoms with Crippen LogP contribution in [0, 0.1) is 11.8 Å². The number of aliphatic carboxylic acids is 1. The molecule has 5 N–H and O–H groups in total. The summed E-state index contributed by atoms with van der Waals surface area (Å²) >= 11 is 6.40. The summed E-state index contributed by atoms with van der Waals surface area (Å²) < 4.78 is 80.0. The molecule has 0 spiro atoms. The molecule has 4 atom stereocenters. The first kappa shape index (κ1) is 59.0. The molecule has 0 unspecified atom stereocenters. The van der Waals surface area contributed by atoms with E-state index >= 15 is 0 Å². The van der Waals surface area contributed by atoms with Gasteiger partial charge in [-0.3, -0.25) is 19.3 Å². The second kappa shape index (κ2) is 27.8. The van der Waals surface area contributed by atoms with Gasteiger partial charge in [0.1, 0.15) is 24.5 Å². The predicted octanol–water partition coefficient (Wildman–Crippen LogP) is 8.34. The molecule has 0 bridgehead atoms. The Morgan fingerprint density at radius 2 is 1.57 bits per heavy atom. The summed E-state index contributed by atoms with van der Waals surface area (Å²) in [7, 11) is 4.97. The molecule has 426 valence electrons. The number of likely N-dealkylation sites (N-methyl/N-ethyl adjacent to an activating group) is 1. The fourth-order valence-corrected chi connectivity index (χ4v) is 10.3. The van der Waals surface area contributed by atoms with Crippen LogP contribution in [0.4, 0.5) is 34.6 Å². The molecule has 2 amide bonds. The van der Waals surface area contributed by atoms with Gasteiger partial charge in [-0.1, -0.05) is 66.1 Å². The Balaban J connectivity index is 0.721. The first-order valence-corrected chi connectivity index (χ1v) is 26.9. The second-order valence-electron chi connectivity index (χ2n) is 19.8. The van der Waals surface area contributed by atoms with Gasteiger partial charge in [-0.05, 0) is 109 Å². The van der Waals surface area contributed by atoms with Gasteiger partial charge in [0, 0.05) is 60.1 Å². The summed E-state index contributed by atoms with van der Waals surface area (Å²) in [5.41, 5.74) is 4.37. The van der Waals surface area contributed by atoms with E-state index in [0.29, 0.717) is 104 Å². The second-order valence-corrected chi connectivity index (χ2v) is 20.2. The molecule has 8 rings (SSSR count). The highest BCUT2D eigenvalue weighted by Gasteiger charge is 2.44. The maximum absolute atomic E-state index is 14.9. The highest BCUT2D eigenvalue weighted by Crippen LogP contribution is 2.35. The largest absolute Gasteiger partial charge is 0.495 e. The molecule has 21 heteroatoms. The number of carboxylic acids is 1. The number of alkyl halides is 4. The summed E-state index contributed by atoms with van der Waals surface area (Å²) in [4.78, 5) is 44.4. The van der Waals surface area contributed by atoms with Gasteiger partial charge in [0.25, 0.3) is 5.91 Å². The van der Waals surface area contributed by atoms with Crippen molar-refractivity contribution in [3.8, 4) is 17.6 Å². The molecule has 2 aliphatic rings. The molecule has 0 radical (unpaired) electrons. The number of carboxylic acid groups (broad SMARTS) is 1. The topological polar surface area (TPSA) is 171 Å². The summed E-state index contributed by atoms with van der Waals surface area (Å²) in [6, 6.07) is 28.5. The molecule has 2 fully saturated rings. The Hall–Kier alpha value is -7.12. The van der Waals surface area contributed by atoms with E-state index in [1.54, 1.807) is 65.4 Å². The van der Waals surface area contributed by atoms with Gasteiger partial charge in [-0.25, -0.2) is 4.39 Å². The van der Waals surface area contributed by atoms with E-state index in [2.05, 4.69) is 33.1 Å². The van der Waals surface area contributed by atoms with Crippen LogP contribution >= 0.6 is 11.6 Å². The van der Waals surface area contributed by atoms with Crippen molar-refractivity contribution in [2.24, 2.45) is 0 Å². The number of carbonyl (C=O) groups is 3. The third kappa shape index (κ3) is 15.6. The first-order chi connectivity index (χ1) is 38.6. The average molecular weight is 1130 g/mol.